The molecule has 0 saturated carbocycles. The third-order valence-corrected chi connectivity index (χ3v) is 8.49. The maximum Gasteiger partial charge on any atom is 0.244 e. The smallest absolute Gasteiger partial charge is 0.244 e. The molecular weight excluding hydrogens is 453 g/mol. The molecule has 0 unspecified atom stereocenters. The van der Waals surface area contributed by atoms with Crippen molar-refractivity contribution in [3.8, 4) is 0 Å². The fraction of sp³-hybridized carbons (Fsp3) is 0.269. The van der Waals surface area contributed by atoms with Crippen LogP contribution in [0.1, 0.15) is 11.1 Å². The Labute approximate surface area is 199 Å². The van der Waals surface area contributed by atoms with Crippen LogP contribution in [-0.2, 0) is 27.8 Å². The van der Waals surface area contributed by atoms with E-state index in [2.05, 4.69) is 4.90 Å². The molecule has 3 aromatic carbocycles. The molecule has 1 atom stereocenters. The summed E-state index contributed by atoms with van der Waals surface area (Å²) in [6.45, 7) is 2.52. The van der Waals surface area contributed by atoms with Crippen molar-refractivity contribution < 1.29 is 17.6 Å². The lowest BCUT2D eigenvalue weighted by Gasteiger charge is -2.41. The number of amides is 1. The summed E-state index contributed by atoms with van der Waals surface area (Å²) in [5.41, 5.74) is 2.97. The largest absolute Gasteiger partial charge is 0.368 e. The highest BCUT2D eigenvalue weighted by Gasteiger charge is 2.41. The van der Waals surface area contributed by atoms with Gasteiger partial charge < -0.3 is 9.80 Å². The minimum Gasteiger partial charge on any atom is -0.368 e. The highest BCUT2D eigenvalue weighted by molar-refractivity contribution is 7.89. The fourth-order valence-electron chi connectivity index (χ4n) is 4.74. The highest BCUT2D eigenvalue weighted by Crippen LogP contribution is 2.30. The minimum atomic E-state index is -4.00. The van der Waals surface area contributed by atoms with Gasteiger partial charge in [-0.15, -0.1) is 0 Å². The summed E-state index contributed by atoms with van der Waals surface area (Å²) in [5.74, 6) is -0.695. The second kappa shape index (κ2) is 9.19. The van der Waals surface area contributed by atoms with Crippen LogP contribution in [0.2, 0.25) is 0 Å². The third-order valence-electron chi connectivity index (χ3n) is 6.62. The average molecular weight is 480 g/mol. The van der Waals surface area contributed by atoms with E-state index in [1.807, 2.05) is 54.6 Å². The van der Waals surface area contributed by atoms with Gasteiger partial charge in [0.05, 0.1) is 4.90 Å². The number of carbonyl (C=O) groups excluding carboxylic acids is 1. The van der Waals surface area contributed by atoms with Crippen molar-refractivity contribution in [2.45, 2.75) is 23.9 Å². The molecule has 5 rings (SSSR count). The van der Waals surface area contributed by atoms with Crippen LogP contribution in [0.25, 0.3) is 0 Å². The molecule has 176 valence electrons. The summed E-state index contributed by atoms with van der Waals surface area (Å²) in [6, 6.07) is 21.6. The van der Waals surface area contributed by atoms with Crippen LogP contribution in [0.4, 0.5) is 10.1 Å². The van der Waals surface area contributed by atoms with Gasteiger partial charge in [0.2, 0.25) is 15.9 Å². The topological polar surface area (TPSA) is 60.9 Å². The zero-order chi connectivity index (χ0) is 23.7. The van der Waals surface area contributed by atoms with E-state index in [-0.39, 0.29) is 17.3 Å². The number of benzene rings is 3. The first-order chi connectivity index (χ1) is 16.4. The number of rotatable bonds is 4. The van der Waals surface area contributed by atoms with Crippen LogP contribution in [0.5, 0.6) is 0 Å². The van der Waals surface area contributed by atoms with Gasteiger partial charge in [0.15, 0.2) is 0 Å². The highest BCUT2D eigenvalue weighted by atomic mass is 32.2. The number of halogens is 1. The van der Waals surface area contributed by atoms with Gasteiger partial charge in [-0.1, -0.05) is 42.5 Å². The molecule has 1 fully saturated rings. The average Bonchev–Trinajstić information content (AvgIpc) is 2.88. The molecule has 3 aromatic rings. The number of nitrogens with zero attached hydrogens (tertiary/aromatic N) is 3. The first-order valence-electron chi connectivity index (χ1n) is 11.4. The Kier molecular flexibility index (Phi) is 6.10. The van der Waals surface area contributed by atoms with Crippen molar-refractivity contribution in [1.82, 2.24) is 9.21 Å². The number of para-hydroxylation sites is 1. The Balaban J connectivity index is 1.41. The Morgan fingerprint density at radius 1 is 0.794 bits per heavy atom. The number of carbonyl (C=O) groups is 1. The molecule has 34 heavy (non-hydrogen) atoms. The molecule has 2 heterocycles. The van der Waals surface area contributed by atoms with Gasteiger partial charge in [0.25, 0.3) is 0 Å². The Morgan fingerprint density at radius 2 is 1.41 bits per heavy atom. The van der Waals surface area contributed by atoms with E-state index in [4.69, 9.17) is 0 Å². The molecule has 0 N–H and O–H groups in total. The van der Waals surface area contributed by atoms with Gasteiger partial charge in [-0.3, -0.25) is 4.79 Å². The molecular formula is C26H26FN3O3S. The molecule has 6 nitrogen and oxygen atoms in total. The second-order valence-corrected chi connectivity index (χ2v) is 10.5. The first-order valence-corrected chi connectivity index (χ1v) is 12.8. The Bertz CT molecular complexity index is 1270. The minimum absolute atomic E-state index is 0.0139. The monoisotopic (exact) mass is 479 g/mol. The standard InChI is InChI=1S/C26H26FN3O3S/c27-22-10-12-24(13-11-22)34(32,33)30-19-21-7-5-4-6-20(21)18-25(30)26(31)29-16-14-28(15-17-29)23-8-2-1-3-9-23/h1-13,25H,14-19H2/t25-/m1/s1. The van der Waals surface area contributed by atoms with Crippen molar-refractivity contribution in [3.05, 3.63) is 95.8 Å². The van der Waals surface area contributed by atoms with Crippen LogP contribution in [0.3, 0.4) is 0 Å². The third kappa shape index (κ3) is 4.31. The second-order valence-electron chi connectivity index (χ2n) is 8.64. The van der Waals surface area contributed by atoms with E-state index in [0.29, 0.717) is 32.6 Å². The lowest BCUT2D eigenvalue weighted by molar-refractivity contribution is -0.136. The maximum absolute atomic E-state index is 13.7. The number of anilines is 1. The maximum atomic E-state index is 13.7. The van der Waals surface area contributed by atoms with Crippen LogP contribution in [0, 0.1) is 5.82 Å². The lowest BCUT2D eigenvalue weighted by atomic mass is 9.95. The molecule has 1 saturated heterocycles. The van der Waals surface area contributed by atoms with Crippen molar-refractivity contribution >= 4 is 21.6 Å². The van der Waals surface area contributed by atoms with Crippen LogP contribution in [-0.4, -0.2) is 55.8 Å². The molecule has 0 radical (unpaired) electrons. The summed E-state index contributed by atoms with van der Waals surface area (Å²) >= 11 is 0. The summed E-state index contributed by atoms with van der Waals surface area (Å²) in [6.07, 6.45) is 0.314. The quantitative estimate of drug-likeness (QED) is 0.576. The SMILES string of the molecule is O=C([C@H]1Cc2ccccc2CN1S(=O)(=O)c1ccc(F)cc1)N1CCN(c2ccccc2)CC1. The van der Waals surface area contributed by atoms with Crippen molar-refractivity contribution in [2.24, 2.45) is 0 Å². The van der Waals surface area contributed by atoms with Gasteiger partial charge >= 0.3 is 0 Å². The van der Waals surface area contributed by atoms with Gasteiger partial charge in [0.1, 0.15) is 11.9 Å². The summed E-state index contributed by atoms with van der Waals surface area (Å²) in [5, 5.41) is 0. The number of hydrogen-bond donors (Lipinski definition) is 0. The zero-order valence-electron chi connectivity index (χ0n) is 18.7. The van der Waals surface area contributed by atoms with E-state index < -0.39 is 21.9 Å². The van der Waals surface area contributed by atoms with Gasteiger partial charge in [-0.2, -0.15) is 4.31 Å². The molecule has 1 amide bonds. The van der Waals surface area contributed by atoms with Crippen molar-refractivity contribution in [3.63, 3.8) is 0 Å². The Hall–Kier alpha value is -3.23. The normalized spacial score (nSPS) is 19.0. The van der Waals surface area contributed by atoms with Crippen molar-refractivity contribution in [2.75, 3.05) is 31.1 Å². The van der Waals surface area contributed by atoms with E-state index in [1.54, 1.807) is 4.90 Å². The van der Waals surface area contributed by atoms with Crippen LogP contribution >= 0.6 is 0 Å². The molecule has 2 aliphatic rings. The van der Waals surface area contributed by atoms with Gasteiger partial charge in [0, 0.05) is 38.4 Å². The zero-order valence-corrected chi connectivity index (χ0v) is 19.5. The molecule has 0 bridgehead atoms. The predicted octanol–water partition coefficient (Wildman–Crippen LogP) is 3.29. The number of hydrogen-bond acceptors (Lipinski definition) is 4. The fourth-order valence-corrected chi connectivity index (χ4v) is 6.30. The molecule has 0 spiro atoms. The van der Waals surface area contributed by atoms with E-state index in [1.165, 1.54) is 16.4 Å². The molecule has 8 heteroatoms. The first kappa shape index (κ1) is 22.6. The van der Waals surface area contributed by atoms with Crippen molar-refractivity contribution in [1.29, 1.82) is 0 Å². The molecule has 0 aliphatic carbocycles. The summed E-state index contributed by atoms with van der Waals surface area (Å²) in [4.78, 5) is 17.7. The number of piperazine rings is 1. The summed E-state index contributed by atoms with van der Waals surface area (Å²) < 4.78 is 41.9. The van der Waals surface area contributed by atoms with Crippen LogP contribution < -0.4 is 4.90 Å². The van der Waals surface area contributed by atoms with Gasteiger partial charge in [-0.05, 0) is 53.9 Å². The van der Waals surface area contributed by atoms with E-state index >= 15 is 0 Å². The molecule has 2 aliphatic heterocycles. The van der Waals surface area contributed by atoms with E-state index in [9.17, 15) is 17.6 Å². The Morgan fingerprint density at radius 3 is 2.09 bits per heavy atom. The molecule has 0 aromatic heterocycles. The van der Waals surface area contributed by atoms with Gasteiger partial charge in [-0.25, -0.2) is 12.8 Å². The lowest BCUT2D eigenvalue weighted by Crippen LogP contribution is -2.57. The summed E-state index contributed by atoms with van der Waals surface area (Å²) in [7, 11) is -4.00. The number of sulfonamides is 1. The predicted molar refractivity (Wildman–Crippen MR) is 128 cm³/mol. The van der Waals surface area contributed by atoms with Crippen LogP contribution in [0.15, 0.2) is 83.8 Å². The number of fused-ring (bicyclic) bond motifs is 1. The van der Waals surface area contributed by atoms with E-state index in [0.717, 1.165) is 28.9 Å².